The third-order valence-electron chi connectivity index (χ3n) is 19.9. The number of oxime groups is 1. The molecule has 0 saturated heterocycles. The number of hydrogen-bond donors (Lipinski definition) is 5. The SMILES string of the molecule is C#CC(=O)O.COC(=O)C[C@H](c1cccc(O)c1)C1CC1.COC(=O)C[C@H](c1cccc(OC(=O)c2cc(-c3cc(OC)ccc3F)no2)c1)C1CC1.COC(=O)c1cc(-c2cc(OC)ccc2F)no1.COc1ccc(F)c(-c2cc(C(=O)O)on2)c1.COc1ccc(F)c(-c2cc(C(=O)Oc3cccc([C@@H](CC(=O)O)C4CC4)c3)on2)c1.COc1ccc(F)c(/C(Cl)=N/O)c1.O.[Li+].[OH-]. The molecule has 3 aliphatic rings. The number of hydrogen-bond acceptors (Lipinski definition) is 30. The van der Waals surface area contributed by atoms with Crippen LogP contribution in [0.5, 0.6) is 46.0 Å². The predicted molar refractivity (Wildman–Crippen MR) is 464 cm³/mol. The summed E-state index contributed by atoms with van der Waals surface area (Å²) in [6, 6.07) is 46.7. The second kappa shape index (κ2) is 52.6. The summed E-state index contributed by atoms with van der Waals surface area (Å²) in [5.74, 6) is -3.52. The van der Waals surface area contributed by atoms with Crippen LogP contribution in [0.25, 0.3) is 45.0 Å². The maximum Gasteiger partial charge on any atom is 1.00 e. The van der Waals surface area contributed by atoms with Crippen LogP contribution in [0, 0.1) is 59.2 Å². The molecule has 0 aliphatic heterocycles. The quantitative estimate of drug-likeness (QED) is 0.00350. The largest absolute Gasteiger partial charge is 1.00 e. The predicted octanol–water partition coefficient (Wildman–Crippen LogP) is 14.3. The number of phenolic OH excluding ortho intramolecular Hbond substituents is 1. The van der Waals surface area contributed by atoms with Crippen LogP contribution in [0.2, 0.25) is 0 Å². The first kappa shape index (κ1) is 108. The average Bonchev–Trinajstić information content (AvgIpc) is 1.70. The van der Waals surface area contributed by atoms with Gasteiger partial charge < -0.3 is 102 Å². The number of esters is 5. The van der Waals surface area contributed by atoms with Gasteiger partial charge in [0.05, 0.1) is 81.7 Å². The number of carboxylic acids is 3. The number of aliphatic carboxylic acids is 2. The van der Waals surface area contributed by atoms with E-state index in [0.717, 1.165) is 61.3 Å². The van der Waals surface area contributed by atoms with Gasteiger partial charge in [-0.1, -0.05) is 73.8 Å². The van der Waals surface area contributed by atoms with Gasteiger partial charge in [-0.25, -0.2) is 45.9 Å². The minimum absolute atomic E-state index is 0. The molecule has 4 heterocycles. The third-order valence-corrected chi connectivity index (χ3v) is 20.2. The molecule has 3 fully saturated rings. The number of carbonyl (C=O) groups is 8. The number of phenols is 1. The molecule has 3 atom stereocenters. The fourth-order valence-corrected chi connectivity index (χ4v) is 13.0. The molecule has 12 aromatic rings. The number of carbonyl (C=O) groups excluding carboxylic acids is 5. The van der Waals surface area contributed by atoms with Crippen LogP contribution < -0.4 is 52.0 Å². The summed E-state index contributed by atoms with van der Waals surface area (Å²) in [5.41, 5.74) is 3.93. The molecule has 706 valence electrons. The van der Waals surface area contributed by atoms with Crippen LogP contribution in [-0.2, 0) is 33.4 Å². The van der Waals surface area contributed by atoms with Crippen LogP contribution in [0.15, 0.2) is 211 Å². The van der Waals surface area contributed by atoms with Crippen molar-refractivity contribution in [1.82, 2.24) is 20.6 Å². The van der Waals surface area contributed by atoms with Crippen molar-refractivity contribution in [2.75, 3.05) is 56.9 Å². The van der Waals surface area contributed by atoms with E-state index >= 15 is 0 Å². The Hall–Kier alpha value is -15.4. The first-order valence-corrected chi connectivity index (χ1v) is 40.0. The van der Waals surface area contributed by atoms with Gasteiger partial charge in [0.25, 0.3) is 0 Å². The van der Waals surface area contributed by atoms with Crippen molar-refractivity contribution in [3.63, 3.8) is 0 Å². The Morgan fingerprint density at radius 2 is 0.726 bits per heavy atom. The Morgan fingerprint density at radius 3 is 1.01 bits per heavy atom. The third kappa shape index (κ3) is 32.0. The van der Waals surface area contributed by atoms with E-state index in [4.69, 9.17) is 88.0 Å². The molecule has 4 aromatic heterocycles. The van der Waals surface area contributed by atoms with Crippen LogP contribution in [0.3, 0.4) is 0 Å². The van der Waals surface area contributed by atoms with Gasteiger partial charge in [0, 0.05) is 52.4 Å². The monoisotopic (exact) mass is 1890 g/mol. The molecule has 135 heavy (non-hydrogen) atoms. The maximum absolute atomic E-state index is 14.2. The Morgan fingerprint density at radius 1 is 0.422 bits per heavy atom. The van der Waals surface area contributed by atoms with Gasteiger partial charge in [-0.2, -0.15) is 0 Å². The number of aromatic hydroxyl groups is 1. The Labute approximate surface area is 783 Å². The Kier molecular flexibility index (Phi) is 42.3. The molecular weight excluding hydrogens is 1800 g/mol. The zero-order valence-electron chi connectivity index (χ0n) is 73.5. The number of aromatic nitrogens is 4. The molecule has 0 amide bonds. The molecule has 34 nitrogen and oxygen atoms in total. The summed E-state index contributed by atoms with van der Waals surface area (Å²) in [6.45, 7) is 0. The number of aromatic carboxylic acids is 1. The Balaban J connectivity index is 0.000000252. The molecule has 0 radical (unpaired) electrons. The number of halogens is 6. The molecule has 8 aromatic carbocycles. The first-order valence-electron chi connectivity index (χ1n) is 39.6. The molecule has 3 saturated carbocycles. The number of methoxy groups -OCH3 is 8. The summed E-state index contributed by atoms with van der Waals surface area (Å²) < 4.78 is 138. The van der Waals surface area contributed by atoms with E-state index in [1.807, 2.05) is 24.3 Å². The summed E-state index contributed by atoms with van der Waals surface area (Å²) in [7, 11) is 11.3. The van der Waals surface area contributed by atoms with Gasteiger partial charge in [-0.05, 0) is 218 Å². The van der Waals surface area contributed by atoms with Crippen LogP contribution in [0.4, 0.5) is 22.0 Å². The van der Waals surface area contributed by atoms with E-state index in [2.05, 4.69) is 41.5 Å². The van der Waals surface area contributed by atoms with Gasteiger partial charge >= 0.3 is 66.6 Å². The maximum atomic E-state index is 14.2. The Bertz CT molecular complexity index is 6130. The van der Waals surface area contributed by atoms with Crippen molar-refractivity contribution in [2.45, 2.75) is 75.5 Å². The van der Waals surface area contributed by atoms with E-state index in [-0.39, 0.29) is 163 Å². The fraction of sp³-hybridized carbons (Fsp3) is 0.245. The van der Waals surface area contributed by atoms with Crippen LogP contribution in [0.1, 0.15) is 140 Å². The molecular formula is C94H88ClF5LiN5O29. The summed E-state index contributed by atoms with van der Waals surface area (Å²) in [6.07, 6.45) is 11.4. The van der Waals surface area contributed by atoms with Crippen LogP contribution in [-0.4, -0.2) is 167 Å². The van der Waals surface area contributed by atoms with E-state index in [1.54, 1.807) is 48.5 Å². The number of ether oxygens (including phenoxy) is 10. The van der Waals surface area contributed by atoms with Crippen molar-refractivity contribution in [3.8, 4) is 103 Å². The first-order chi connectivity index (χ1) is 63.3. The summed E-state index contributed by atoms with van der Waals surface area (Å²) in [5, 5.41) is 60.1. The standard InChI is InChI=1S/C24H22FNO6.C23H20FNO6.C13H16O3.C12H10FNO4.C11H8FNO4.C8H7ClFNO2.C3H2O2.Li.2H2O/c1-29-16-8-9-20(25)19(11-16)21-13-22(32-26-21)24(28)31-17-5-3-4-15(10-17)18(14-6-7-14)12-23(27)30-2;1-29-15-7-8-19(24)18(10-15)20-12-21(31-25-20)23(28)30-16-4-2-3-14(9-16)17(11-22(26)27)13-5-6-13;1-16-13(15)8-12(9-5-6-9)10-3-2-4-11(14)7-10;1-16-7-3-4-9(13)8(5-7)10-6-11(18-14-10)12(15)17-2;1-16-6-2-3-8(12)7(4-6)9-5-10(11(14)15)17-13-9;1-13-5-2-3-7(10)6(4-5)8(9)11-12;1-2-3(4)5;;;/h3-5,8-11,13-14,18H,6-7,12H2,1-2H3;2-4,7-10,12-13,17H,5-6,11H2,1H3,(H,26,27);2-4,7,9,12,14H,5-6,8H2,1H3;3-6H,1-2H3;2-5H,1H3,(H,14,15);2-4,12H,1H3;1H,(H,4,5);;2*1H2/q;;;;;;;+1;;/p-1/b;;;;;11-8-;;;;/t18-;17-;12-;;;;;;;/m000......./s1. The topological polar surface area (TPSA) is 508 Å². The van der Waals surface area contributed by atoms with Crippen molar-refractivity contribution in [1.29, 1.82) is 0 Å². The minimum atomic E-state index is -1.26. The van der Waals surface area contributed by atoms with Crippen molar-refractivity contribution in [3.05, 3.63) is 262 Å². The molecule has 15 rings (SSSR count). The molecule has 3 aliphatic carbocycles. The number of rotatable bonds is 28. The van der Waals surface area contributed by atoms with Crippen LogP contribution >= 0.6 is 11.6 Å². The fourth-order valence-electron chi connectivity index (χ4n) is 12.8. The van der Waals surface area contributed by atoms with Gasteiger partial charge in [0.15, 0.2) is 5.17 Å². The second-order valence-electron chi connectivity index (χ2n) is 28.7. The van der Waals surface area contributed by atoms with Gasteiger partial charge in [-0.3, -0.25) is 14.4 Å². The number of benzene rings is 8. The molecule has 8 N–H and O–H groups in total. The van der Waals surface area contributed by atoms with Gasteiger partial charge in [-0.15, -0.1) is 6.42 Å². The molecule has 0 bridgehead atoms. The molecule has 0 unspecified atom stereocenters. The van der Waals surface area contributed by atoms with E-state index < -0.39 is 64.9 Å². The van der Waals surface area contributed by atoms with Crippen molar-refractivity contribution in [2.24, 2.45) is 22.9 Å². The summed E-state index contributed by atoms with van der Waals surface area (Å²) in [4.78, 5) is 90.3. The second-order valence-corrected chi connectivity index (χ2v) is 29.0. The average molecular weight is 1890 g/mol. The van der Waals surface area contributed by atoms with E-state index in [1.165, 1.54) is 172 Å². The number of terminal acetylenes is 1. The van der Waals surface area contributed by atoms with E-state index in [9.17, 15) is 65.7 Å². The minimum Gasteiger partial charge on any atom is -0.870 e. The van der Waals surface area contributed by atoms with Crippen molar-refractivity contribution < 1.29 is 181 Å². The van der Waals surface area contributed by atoms with E-state index in [0.29, 0.717) is 58.7 Å². The van der Waals surface area contributed by atoms with Gasteiger partial charge in [0.1, 0.15) is 97.9 Å². The zero-order valence-corrected chi connectivity index (χ0v) is 74.2. The summed E-state index contributed by atoms with van der Waals surface area (Å²) >= 11 is 5.43. The zero-order chi connectivity index (χ0) is 95.8. The molecule has 41 heteroatoms. The molecule has 0 spiro atoms. The number of nitrogens with zero attached hydrogens (tertiary/aromatic N) is 5. The normalized spacial score (nSPS) is 12.5. The smallest absolute Gasteiger partial charge is 0.870 e. The van der Waals surface area contributed by atoms with Crippen molar-refractivity contribution >= 4 is 64.5 Å². The number of carboxylic acid groups (broad SMARTS) is 3. The van der Waals surface area contributed by atoms with Gasteiger partial charge in [0.2, 0.25) is 23.0 Å².